The minimum absolute atomic E-state index is 0.0413. The van der Waals surface area contributed by atoms with Gasteiger partial charge in [0, 0.05) is 35.7 Å². The van der Waals surface area contributed by atoms with Crippen LogP contribution in [0.5, 0.6) is 0 Å². The van der Waals surface area contributed by atoms with Crippen molar-refractivity contribution in [3.63, 3.8) is 0 Å². The second kappa shape index (κ2) is 7.64. The maximum absolute atomic E-state index is 13.9. The summed E-state index contributed by atoms with van der Waals surface area (Å²) in [4.78, 5) is 3.54. The Balaban J connectivity index is 1.79. The van der Waals surface area contributed by atoms with E-state index in [0.29, 0.717) is 0 Å². The van der Waals surface area contributed by atoms with E-state index in [4.69, 9.17) is 0 Å². The molecule has 1 aromatic carbocycles. The van der Waals surface area contributed by atoms with Gasteiger partial charge in [0.05, 0.1) is 6.10 Å². The zero-order valence-electron chi connectivity index (χ0n) is 14.2. The van der Waals surface area contributed by atoms with Crippen LogP contribution in [-0.4, -0.2) is 24.3 Å². The van der Waals surface area contributed by atoms with Crippen molar-refractivity contribution in [1.29, 1.82) is 0 Å². The van der Waals surface area contributed by atoms with E-state index in [0.717, 1.165) is 37.2 Å². The molecule has 3 nitrogen and oxygen atoms in total. The number of rotatable bonds is 5. The van der Waals surface area contributed by atoms with Gasteiger partial charge >= 0.3 is 0 Å². The highest BCUT2D eigenvalue weighted by Crippen LogP contribution is 2.31. The van der Waals surface area contributed by atoms with Crippen LogP contribution < -0.4 is 10.2 Å². The standard InChI is InChI=1S/C19H25FN2OS/c1-13(21-14(2)19-4-3-11-24-19)17-12-15(20)5-6-18(17)22-9-7-16(23)8-10-22/h3-6,11-14,16,21,23H,7-10H2,1-2H3/t13-,14-/m1/s1. The normalized spacial score (nSPS) is 18.6. The first kappa shape index (κ1) is 17.4. The second-order valence-corrected chi connectivity index (χ2v) is 7.53. The lowest BCUT2D eigenvalue weighted by Crippen LogP contribution is -2.37. The minimum Gasteiger partial charge on any atom is -0.393 e. The van der Waals surface area contributed by atoms with Crippen LogP contribution in [0.15, 0.2) is 35.7 Å². The monoisotopic (exact) mass is 348 g/mol. The van der Waals surface area contributed by atoms with Crippen molar-refractivity contribution in [2.75, 3.05) is 18.0 Å². The van der Waals surface area contributed by atoms with Gasteiger partial charge in [-0.3, -0.25) is 0 Å². The number of nitrogens with one attached hydrogen (secondary N) is 1. The van der Waals surface area contributed by atoms with Gasteiger partial charge in [-0.1, -0.05) is 6.07 Å². The van der Waals surface area contributed by atoms with Gasteiger partial charge in [0.25, 0.3) is 0 Å². The number of aliphatic hydroxyl groups excluding tert-OH is 1. The fraction of sp³-hybridized carbons (Fsp3) is 0.474. The van der Waals surface area contributed by atoms with E-state index in [-0.39, 0.29) is 24.0 Å². The van der Waals surface area contributed by atoms with Crippen LogP contribution in [0.3, 0.4) is 0 Å². The molecule has 1 fully saturated rings. The molecule has 0 spiro atoms. The molecule has 0 aliphatic carbocycles. The number of aliphatic hydroxyl groups is 1. The molecule has 24 heavy (non-hydrogen) atoms. The number of halogens is 1. The molecule has 5 heteroatoms. The summed E-state index contributed by atoms with van der Waals surface area (Å²) >= 11 is 1.73. The molecule has 1 aromatic heterocycles. The average molecular weight is 348 g/mol. The zero-order chi connectivity index (χ0) is 17.1. The van der Waals surface area contributed by atoms with E-state index in [2.05, 4.69) is 41.6 Å². The fourth-order valence-corrected chi connectivity index (χ4v) is 4.10. The molecule has 0 amide bonds. The van der Waals surface area contributed by atoms with E-state index < -0.39 is 0 Å². The summed E-state index contributed by atoms with van der Waals surface area (Å²) in [6, 6.07) is 9.47. The molecule has 1 aliphatic rings. The SMILES string of the molecule is C[C@@H](N[C@H](C)c1cc(F)ccc1N1CCC(O)CC1)c1cccs1. The summed E-state index contributed by atoms with van der Waals surface area (Å²) in [6.45, 7) is 5.85. The van der Waals surface area contributed by atoms with Crippen molar-refractivity contribution in [1.82, 2.24) is 5.32 Å². The van der Waals surface area contributed by atoms with Gasteiger partial charge in [0.2, 0.25) is 0 Å². The van der Waals surface area contributed by atoms with Gasteiger partial charge in [0.1, 0.15) is 5.82 Å². The third-order valence-electron chi connectivity index (χ3n) is 4.73. The minimum atomic E-state index is -0.209. The number of piperidine rings is 1. The Kier molecular flexibility index (Phi) is 5.54. The summed E-state index contributed by atoms with van der Waals surface area (Å²) in [7, 11) is 0. The van der Waals surface area contributed by atoms with Crippen LogP contribution in [0.1, 0.15) is 49.2 Å². The summed E-state index contributed by atoms with van der Waals surface area (Å²) in [6.07, 6.45) is 1.33. The molecule has 1 aliphatic heterocycles. The van der Waals surface area contributed by atoms with Crippen LogP contribution in [0.4, 0.5) is 10.1 Å². The number of nitrogens with zero attached hydrogens (tertiary/aromatic N) is 1. The summed E-state index contributed by atoms with van der Waals surface area (Å²) in [5, 5.41) is 15.4. The molecular weight excluding hydrogens is 323 g/mol. The molecular formula is C19H25FN2OS. The number of thiophene rings is 1. The number of hydrogen-bond donors (Lipinski definition) is 2. The van der Waals surface area contributed by atoms with Gasteiger partial charge in [0.15, 0.2) is 0 Å². The highest BCUT2D eigenvalue weighted by Gasteiger charge is 2.22. The first-order chi connectivity index (χ1) is 11.5. The van der Waals surface area contributed by atoms with Crippen LogP contribution in [0.2, 0.25) is 0 Å². The van der Waals surface area contributed by atoms with Crippen molar-refractivity contribution in [2.24, 2.45) is 0 Å². The van der Waals surface area contributed by atoms with Gasteiger partial charge in [-0.2, -0.15) is 0 Å². The Hall–Kier alpha value is -1.43. The predicted molar refractivity (Wildman–Crippen MR) is 98.1 cm³/mol. The Bertz CT molecular complexity index is 653. The highest BCUT2D eigenvalue weighted by molar-refractivity contribution is 7.10. The molecule has 3 rings (SSSR count). The number of benzene rings is 1. The number of anilines is 1. The smallest absolute Gasteiger partial charge is 0.123 e. The van der Waals surface area contributed by atoms with Crippen LogP contribution in [-0.2, 0) is 0 Å². The lowest BCUT2D eigenvalue weighted by atomic mass is 10.0. The lowest BCUT2D eigenvalue weighted by molar-refractivity contribution is 0.145. The van der Waals surface area contributed by atoms with Crippen molar-refractivity contribution in [3.8, 4) is 0 Å². The summed E-state index contributed by atoms with van der Waals surface area (Å²) in [5.74, 6) is -0.205. The van der Waals surface area contributed by atoms with Crippen molar-refractivity contribution < 1.29 is 9.50 Å². The largest absolute Gasteiger partial charge is 0.393 e. The molecule has 1 saturated heterocycles. The topological polar surface area (TPSA) is 35.5 Å². The van der Waals surface area contributed by atoms with Gasteiger partial charge in [-0.25, -0.2) is 4.39 Å². The first-order valence-corrected chi connectivity index (χ1v) is 9.44. The molecule has 130 valence electrons. The van der Waals surface area contributed by atoms with Gasteiger partial charge in [-0.05, 0) is 61.9 Å². The van der Waals surface area contributed by atoms with E-state index in [9.17, 15) is 9.50 Å². The van der Waals surface area contributed by atoms with E-state index in [1.807, 2.05) is 6.07 Å². The van der Waals surface area contributed by atoms with Gasteiger partial charge < -0.3 is 15.3 Å². The Morgan fingerprint density at radius 1 is 1.21 bits per heavy atom. The maximum Gasteiger partial charge on any atom is 0.123 e. The molecule has 2 atom stereocenters. The average Bonchev–Trinajstić information content (AvgIpc) is 3.10. The highest BCUT2D eigenvalue weighted by atomic mass is 32.1. The molecule has 2 heterocycles. The third kappa shape index (κ3) is 3.97. The van der Waals surface area contributed by atoms with E-state index >= 15 is 0 Å². The molecule has 0 bridgehead atoms. The van der Waals surface area contributed by atoms with Crippen molar-refractivity contribution in [2.45, 2.75) is 44.9 Å². The molecule has 0 unspecified atom stereocenters. The van der Waals surface area contributed by atoms with Gasteiger partial charge in [-0.15, -0.1) is 11.3 Å². The summed E-state index contributed by atoms with van der Waals surface area (Å²) in [5.41, 5.74) is 2.05. The molecule has 0 radical (unpaired) electrons. The second-order valence-electron chi connectivity index (χ2n) is 6.55. The Morgan fingerprint density at radius 2 is 1.96 bits per heavy atom. The number of hydrogen-bond acceptors (Lipinski definition) is 4. The van der Waals surface area contributed by atoms with Crippen LogP contribution in [0, 0.1) is 5.82 Å². The van der Waals surface area contributed by atoms with Crippen LogP contribution in [0.25, 0.3) is 0 Å². The molecule has 0 saturated carbocycles. The van der Waals surface area contributed by atoms with E-state index in [1.165, 1.54) is 10.9 Å². The van der Waals surface area contributed by atoms with E-state index in [1.54, 1.807) is 17.4 Å². The molecule has 2 aromatic rings. The first-order valence-electron chi connectivity index (χ1n) is 8.56. The van der Waals surface area contributed by atoms with Crippen molar-refractivity contribution >= 4 is 17.0 Å². The Labute approximate surface area is 147 Å². The zero-order valence-corrected chi connectivity index (χ0v) is 15.0. The summed E-state index contributed by atoms with van der Waals surface area (Å²) < 4.78 is 13.9. The quantitative estimate of drug-likeness (QED) is 0.847. The van der Waals surface area contributed by atoms with Crippen LogP contribution >= 0.6 is 11.3 Å². The third-order valence-corrected chi connectivity index (χ3v) is 5.79. The molecule has 2 N–H and O–H groups in total. The predicted octanol–water partition coefficient (Wildman–Crippen LogP) is 4.26. The fourth-order valence-electron chi connectivity index (χ4n) is 3.35. The lowest BCUT2D eigenvalue weighted by Gasteiger charge is -2.34. The Morgan fingerprint density at radius 3 is 2.62 bits per heavy atom. The maximum atomic E-state index is 13.9. The van der Waals surface area contributed by atoms with Crippen molar-refractivity contribution in [3.05, 3.63) is 52.0 Å².